The number of hydrogen-bond acceptors (Lipinski definition) is 32. The van der Waals surface area contributed by atoms with Gasteiger partial charge in [-0.05, 0) is 25.2 Å². The highest BCUT2D eigenvalue weighted by molar-refractivity contribution is 7.47. The molecule has 0 spiro atoms. The maximum Gasteiger partial charge on any atom is 0.470 e. The summed E-state index contributed by atoms with van der Waals surface area (Å²) in [6.07, 6.45) is -32.9. The van der Waals surface area contributed by atoms with Crippen LogP contribution in [0.1, 0.15) is 19.3 Å². The van der Waals surface area contributed by atoms with E-state index in [1.54, 1.807) is 0 Å². The van der Waals surface area contributed by atoms with Gasteiger partial charge in [-0.15, -0.1) is 0 Å². The second kappa shape index (κ2) is 47.7. The van der Waals surface area contributed by atoms with Crippen molar-refractivity contribution < 1.29 is 208 Å². The molecule has 3 aliphatic carbocycles. The van der Waals surface area contributed by atoms with E-state index in [4.69, 9.17) is 122 Å². The van der Waals surface area contributed by atoms with E-state index < -0.39 is 176 Å². The summed E-state index contributed by atoms with van der Waals surface area (Å²) in [6, 6.07) is 0. The van der Waals surface area contributed by atoms with Gasteiger partial charge in [-0.3, -0.25) is 27.1 Å². The minimum absolute atomic E-state index is 0.0709. The van der Waals surface area contributed by atoms with Gasteiger partial charge >= 0.3 is 46.9 Å². The molecule has 50 heteroatoms. The summed E-state index contributed by atoms with van der Waals surface area (Å²) in [4.78, 5) is 123. The molecule has 596 valence electrons. The third-order valence-electron chi connectivity index (χ3n) is 15.1. The first kappa shape index (κ1) is 94.1. The molecule has 3 fully saturated rings. The van der Waals surface area contributed by atoms with Crippen LogP contribution in [0.15, 0.2) is 0 Å². The quantitative estimate of drug-likeness (QED) is 0.0234. The van der Waals surface area contributed by atoms with Crippen LogP contribution in [0.2, 0.25) is 0 Å². The topological polar surface area (TPSA) is 585 Å². The zero-order chi connectivity index (χ0) is 74.9. The molecule has 0 heterocycles. The summed E-state index contributed by atoms with van der Waals surface area (Å²) in [7, 11) is -22.8. The van der Waals surface area contributed by atoms with E-state index in [1.807, 2.05) is 0 Å². The Kier molecular flexibility index (Phi) is 44.9. The molecule has 100 heavy (non-hydrogen) atoms. The van der Waals surface area contributed by atoms with E-state index >= 15 is 0 Å². The van der Waals surface area contributed by atoms with Gasteiger partial charge in [-0.2, -0.15) is 0 Å². The molecule has 0 aromatic carbocycles. The number of rotatable bonds is 57. The maximum atomic E-state index is 13.0. The molecule has 0 amide bonds. The SMILES string of the molecule is COCCOCCO[C@@H]1[C@@H](OC)[C@H](OCCOCCOC)[C@@H](OP(=O)(O)O)[C@@H](OCCC(CCOC2[C@@H](OC)[C@H](OP(=O)(O)O)[C@@H](OP(=O)(O)O)[C@H](OP(=O)(O)O)[C@H]2OC)CCO[C@H]2[C@@H](OC)[C@H](OCCOCCOC)[C@@H](OP(=O)(O)O)[C@H](OCCOCCOC)[C@H]2OC)[C@H]1OP(=O)(O)O. The minimum atomic E-state index is -5.78. The highest BCUT2D eigenvalue weighted by Crippen LogP contribution is 2.53. The predicted octanol–water partition coefficient (Wildman–Crippen LogP) is -1.90. The Hall–Kier alpha value is -0.140. The fourth-order valence-corrected chi connectivity index (χ4v) is 14.5. The van der Waals surface area contributed by atoms with Gasteiger partial charge in [0.2, 0.25) is 0 Å². The summed E-state index contributed by atoms with van der Waals surface area (Å²) in [5.74, 6) is -0.880. The van der Waals surface area contributed by atoms with Gasteiger partial charge in [0.25, 0.3) is 0 Å². The molecule has 0 aliphatic heterocycles. The van der Waals surface area contributed by atoms with Crippen molar-refractivity contribution in [1.29, 1.82) is 0 Å². The monoisotopic (exact) mass is 1590 g/mol. The van der Waals surface area contributed by atoms with Gasteiger partial charge in [-0.1, -0.05) is 0 Å². The van der Waals surface area contributed by atoms with Crippen LogP contribution in [-0.2, 0) is 149 Å². The molecule has 3 aliphatic rings. The van der Waals surface area contributed by atoms with Crippen LogP contribution in [0.4, 0.5) is 0 Å². The van der Waals surface area contributed by atoms with Crippen LogP contribution in [0.3, 0.4) is 0 Å². The lowest BCUT2D eigenvalue weighted by Crippen LogP contribution is -2.67. The van der Waals surface area contributed by atoms with Crippen molar-refractivity contribution in [1.82, 2.24) is 0 Å². The van der Waals surface area contributed by atoms with Crippen molar-refractivity contribution in [3.8, 4) is 0 Å². The highest BCUT2D eigenvalue weighted by atomic mass is 31.2. The normalized spacial score (nSPS) is 29.4. The molecule has 0 saturated heterocycles. The lowest BCUT2D eigenvalue weighted by molar-refractivity contribution is -0.265. The second-order valence-corrected chi connectivity index (χ2v) is 29.0. The highest BCUT2D eigenvalue weighted by Gasteiger charge is 2.61. The summed E-state index contributed by atoms with van der Waals surface area (Å²) in [5.41, 5.74) is 0. The molecule has 0 bridgehead atoms. The van der Waals surface area contributed by atoms with Crippen LogP contribution >= 0.6 is 46.9 Å². The Bertz CT molecular complexity index is 2360. The minimum Gasteiger partial charge on any atom is -0.382 e. The Balaban J connectivity index is 2.29. The summed E-state index contributed by atoms with van der Waals surface area (Å²) in [6.45, 7) is -1.87. The predicted molar refractivity (Wildman–Crippen MR) is 332 cm³/mol. The third kappa shape index (κ3) is 35.0. The first-order valence-electron chi connectivity index (χ1n) is 30.7. The van der Waals surface area contributed by atoms with Crippen molar-refractivity contribution >= 4 is 46.9 Å². The zero-order valence-corrected chi connectivity index (χ0v) is 62.0. The molecular formula is C50H102O44P6. The molecular weight excluding hydrogens is 1490 g/mol. The van der Waals surface area contributed by atoms with Crippen molar-refractivity contribution in [2.75, 3.05) is 190 Å². The van der Waals surface area contributed by atoms with Crippen LogP contribution < -0.4 is 0 Å². The Morgan fingerprint density at radius 3 is 0.550 bits per heavy atom. The average molecular weight is 1590 g/mol. The van der Waals surface area contributed by atoms with Gasteiger partial charge in [0.1, 0.15) is 110 Å². The molecule has 0 aromatic rings. The third-order valence-corrected chi connectivity index (χ3v) is 18.2. The molecule has 3 saturated carbocycles. The van der Waals surface area contributed by atoms with Crippen LogP contribution in [0, 0.1) is 5.92 Å². The van der Waals surface area contributed by atoms with Gasteiger partial charge in [0.15, 0.2) is 0 Å². The lowest BCUT2D eigenvalue weighted by atomic mass is 9.84. The standard InChI is InChI=1S/C50H102O44P6/c1-69-16-20-78-24-28-85-40-33(73-5)38(34(74-6)41(47(40)91-97(57,58)59)86-29-25-79-21-17-70-2)82-13-10-32(11-14-83-39-36(76-8)45(89-95(51,52)53)50(94-100(66,67)68)46(37(39)77-9)90-96(54,55)56)12-15-84-44-48(92-98(60,61)62)42(87-30-26-80-22-18-71-3)35(75-7)43(49(44)93-99(63,64)65)88-31-27-81-23-19-72-4/h32-50H,10-31H2,1-9H3,(H2,51,52,53)(H2,54,55,56)(H2,57,58,59)(H2,60,61,62)(H2,63,64,65)(H2,66,67,68)/t32?,33-,34+,35-,36-,37+,38+,39?,40+,41-,42-,43+,44+,45+,46-,47-,48+,49-,50-. The largest absolute Gasteiger partial charge is 0.470 e. The fourth-order valence-electron chi connectivity index (χ4n) is 11.2. The van der Waals surface area contributed by atoms with Crippen molar-refractivity contribution in [2.45, 2.75) is 129 Å². The molecule has 12 N–H and O–H groups in total. The van der Waals surface area contributed by atoms with Gasteiger partial charge in [0.05, 0.1) is 106 Å². The summed E-state index contributed by atoms with van der Waals surface area (Å²) in [5, 5.41) is 0. The zero-order valence-electron chi connectivity index (χ0n) is 56.6. The van der Waals surface area contributed by atoms with Crippen molar-refractivity contribution in [3.05, 3.63) is 0 Å². The number of hydrogen-bond donors (Lipinski definition) is 12. The van der Waals surface area contributed by atoms with E-state index in [1.165, 1.54) is 42.7 Å². The smallest absolute Gasteiger partial charge is 0.382 e. The van der Waals surface area contributed by atoms with Crippen LogP contribution in [-0.4, -0.2) is 358 Å². The molecule has 44 nitrogen and oxygen atoms in total. The molecule has 0 aromatic heterocycles. The van der Waals surface area contributed by atoms with E-state index in [0.717, 1.165) is 21.3 Å². The van der Waals surface area contributed by atoms with Crippen molar-refractivity contribution in [3.63, 3.8) is 0 Å². The van der Waals surface area contributed by atoms with E-state index in [9.17, 15) is 86.1 Å². The number of phosphoric acid groups is 6. The number of methoxy groups -OCH3 is 9. The van der Waals surface area contributed by atoms with Crippen LogP contribution in [0.5, 0.6) is 0 Å². The van der Waals surface area contributed by atoms with E-state index in [-0.39, 0.29) is 132 Å². The van der Waals surface area contributed by atoms with E-state index in [2.05, 4.69) is 0 Å². The lowest BCUT2D eigenvalue weighted by Gasteiger charge is -2.49. The Labute approximate surface area is 577 Å². The molecule has 3 rings (SSSR count). The number of ether oxygens (including phenoxy) is 20. The molecule has 2 unspecified atom stereocenters. The summed E-state index contributed by atoms with van der Waals surface area (Å²) < 4.78 is 222. The summed E-state index contributed by atoms with van der Waals surface area (Å²) >= 11 is 0. The van der Waals surface area contributed by atoms with Crippen LogP contribution in [0.25, 0.3) is 0 Å². The van der Waals surface area contributed by atoms with Gasteiger partial charge in [0, 0.05) is 83.8 Å². The fraction of sp³-hybridized carbons (Fsp3) is 1.00. The van der Waals surface area contributed by atoms with Crippen molar-refractivity contribution in [2.24, 2.45) is 5.92 Å². The van der Waals surface area contributed by atoms with Gasteiger partial charge in [-0.25, -0.2) is 27.4 Å². The second-order valence-electron chi connectivity index (χ2n) is 21.9. The Morgan fingerprint density at radius 1 is 0.210 bits per heavy atom. The molecule has 19 atom stereocenters. The van der Waals surface area contributed by atoms with Gasteiger partial charge < -0.3 is 153 Å². The number of phosphoric ester groups is 6. The average Bonchev–Trinajstić information content (AvgIpc) is 0.777. The van der Waals surface area contributed by atoms with E-state index in [0.29, 0.717) is 0 Å². The first-order valence-corrected chi connectivity index (χ1v) is 39.9. The maximum absolute atomic E-state index is 13.0. The molecule has 0 radical (unpaired) electrons. The Morgan fingerprint density at radius 2 is 0.360 bits per heavy atom. The first-order chi connectivity index (χ1) is 47.1.